The van der Waals surface area contributed by atoms with Crippen LogP contribution in [-0.2, 0) is 11.3 Å². The largest absolute Gasteiger partial charge is 0.497 e. The monoisotopic (exact) mass is 400 g/mol. The molecule has 0 aromatic heterocycles. The topological polar surface area (TPSA) is 41.6 Å². The van der Waals surface area contributed by atoms with Crippen LogP contribution < -0.4 is 10.1 Å². The lowest BCUT2D eigenvalue weighted by atomic mass is 9.95. The fourth-order valence-electron chi connectivity index (χ4n) is 3.83. The molecule has 0 saturated carbocycles. The van der Waals surface area contributed by atoms with Gasteiger partial charge < -0.3 is 10.1 Å². The Balaban J connectivity index is 1.60. The summed E-state index contributed by atoms with van der Waals surface area (Å²) in [6.07, 6.45) is 2.82. The summed E-state index contributed by atoms with van der Waals surface area (Å²) >= 11 is 6.30. The Labute approximate surface area is 172 Å². The first kappa shape index (κ1) is 20.7. The van der Waals surface area contributed by atoms with Crippen molar-refractivity contribution in [1.82, 2.24) is 10.2 Å². The second-order valence-electron chi connectivity index (χ2n) is 7.41. The molecule has 2 atom stereocenters. The number of carbonyl (C=O) groups is 1. The number of nitrogens with zero attached hydrogens (tertiary/aromatic N) is 1. The maximum absolute atomic E-state index is 12.9. The zero-order chi connectivity index (χ0) is 19.9. The molecule has 2 unspecified atom stereocenters. The first-order valence-corrected chi connectivity index (χ1v) is 10.4. The van der Waals surface area contributed by atoms with Gasteiger partial charge in [0.05, 0.1) is 19.1 Å². The molecule has 1 aliphatic rings. The maximum atomic E-state index is 12.9. The third kappa shape index (κ3) is 5.27. The van der Waals surface area contributed by atoms with Gasteiger partial charge in [0.25, 0.3) is 0 Å². The number of halogens is 1. The summed E-state index contributed by atoms with van der Waals surface area (Å²) in [5.74, 6) is 0.988. The van der Waals surface area contributed by atoms with E-state index in [1.54, 1.807) is 7.11 Å². The Bertz CT molecular complexity index is 778. The number of methoxy groups -OCH3 is 1. The second kappa shape index (κ2) is 9.94. The number of benzene rings is 2. The van der Waals surface area contributed by atoms with Gasteiger partial charge in [0.1, 0.15) is 5.75 Å². The molecule has 1 aliphatic heterocycles. The van der Waals surface area contributed by atoms with Crippen molar-refractivity contribution in [2.45, 2.75) is 38.8 Å². The third-order valence-electron chi connectivity index (χ3n) is 5.47. The fourth-order valence-corrected chi connectivity index (χ4v) is 4.02. The van der Waals surface area contributed by atoms with Crippen molar-refractivity contribution in [3.05, 3.63) is 64.7 Å². The molecule has 1 N–H and O–H groups in total. The van der Waals surface area contributed by atoms with Crippen molar-refractivity contribution in [1.29, 1.82) is 0 Å². The number of nitrogens with one attached hydrogen (secondary N) is 1. The number of piperidine rings is 1. The molecule has 1 fully saturated rings. The first-order valence-electron chi connectivity index (χ1n) is 10.0. The molecule has 0 aliphatic carbocycles. The normalized spacial score (nSPS) is 18.5. The summed E-state index contributed by atoms with van der Waals surface area (Å²) in [6, 6.07) is 15.9. The minimum Gasteiger partial charge on any atom is -0.497 e. The molecular weight excluding hydrogens is 372 g/mol. The van der Waals surface area contributed by atoms with Crippen LogP contribution in [0.25, 0.3) is 0 Å². The van der Waals surface area contributed by atoms with Crippen molar-refractivity contribution in [3.63, 3.8) is 0 Å². The van der Waals surface area contributed by atoms with Crippen LogP contribution in [0.4, 0.5) is 0 Å². The number of hydrogen-bond acceptors (Lipinski definition) is 3. The van der Waals surface area contributed by atoms with E-state index in [1.807, 2.05) is 42.5 Å². The van der Waals surface area contributed by atoms with Crippen LogP contribution in [0.1, 0.15) is 43.4 Å². The van der Waals surface area contributed by atoms with E-state index in [0.717, 1.165) is 60.8 Å². The molecule has 0 radical (unpaired) electrons. The molecule has 150 valence electrons. The van der Waals surface area contributed by atoms with Crippen LogP contribution in [0.2, 0.25) is 5.02 Å². The highest BCUT2D eigenvalue weighted by atomic mass is 35.5. The van der Waals surface area contributed by atoms with Gasteiger partial charge in [-0.25, -0.2) is 0 Å². The van der Waals surface area contributed by atoms with Crippen LogP contribution in [0, 0.1) is 5.92 Å². The van der Waals surface area contributed by atoms with E-state index in [9.17, 15) is 4.79 Å². The van der Waals surface area contributed by atoms with Crippen LogP contribution in [0.3, 0.4) is 0 Å². The minimum absolute atomic E-state index is 0.0172. The highest BCUT2D eigenvalue weighted by Gasteiger charge is 2.27. The maximum Gasteiger partial charge on any atom is 0.224 e. The molecule has 2 aromatic rings. The Morgan fingerprint density at radius 3 is 2.68 bits per heavy atom. The van der Waals surface area contributed by atoms with Crippen LogP contribution in [-0.4, -0.2) is 31.0 Å². The predicted molar refractivity (Wildman–Crippen MR) is 114 cm³/mol. The average molecular weight is 401 g/mol. The van der Waals surface area contributed by atoms with Gasteiger partial charge in [-0.15, -0.1) is 0 Å². The smallest absolute Gasteiger partial charge is 0.224 e. The molecule has 4 nitrogen and oxygen atoms in total. The van der Waals surface area contributed by atoms with Gasteiger partial charge in [0, 0.05) is 18.1 Å². The molecule has 3 rings (SSSR count). The van der Waals surface area contributed by atoms with Crippen molar-refractivity contribution < 1.29 is 9.53 Å². The number of likely N-dealkylation sites (tertiary alicyclic amines) is 1. The van der Waals surface area contributed by atoms with Gasteiger partial charge in [-0.2, -0.15) is 0 Å². The van der Waals surface area contributed by atoms with Gasteiger partial charge in [0.2, 0.25) is 5.91 Å². The molecule has 2 aromatic carbocycles. The third-order valence-corrected chi connectivity index (χ3v) is 5.84. The van der Waals surface area contributed by atoms with Gasteiger partial charge >= 0.3 is 0 Å². The molecule has 5 heteroatoms. The van der Waals surface area contributed by atoms with E-state index < -0.39 is 0 Å². The summed E-state index contributed by atoms with van der Waals surface area (Å²) in [6.45, 7) is 4.67. The highest BCUT2D eigenvalue weighted by molar-refractivity contribution is 6.31. The molecule has 0 spiro atoms. The summed E-state index contributed by atoms with van der Waals surface area (Å²) in [5.41, 5.74) is 2.23. The molecule has 1 saturated heterocycles. The van der Waals surface area contributed by atoms with Crippen molar-refractivity contribution >= 4 is 17.5 Å². The summed E-state index contributed by atoms with van der Waals surface area (Å²) < 4.78 is 5.23. The lowest BCUT2D eigenvalue weighted by Crippen LogP contribution is -2.43. The zero-order valence-corrected chi connectivity index (χ0v) is 17.4. The van der Waals surface area contributed by atoms with E-state index in [0.29, 0.717) is 0 Å². The summed E-state index contributed by atoms with van der Waals surface area (Å²) in [4.78, 5) is 15.3. The Kier molecular flexibility index (Phi) is 7.35. The van der Waals surface area contributed by atoms with Crippen molar-refractivity contribution in [3.8, 4) is 5.75 Å². The fraction of sp³-hybridized carbons (Fsp3) is 0.435. The van der Waals surface area contributed by atoms with Gasteiger partial charge in [-0.05, 0) is 55.1 Å². The summed E-state index contributed by atoms with van der Waals surface area (Å²) in [5, 5.41) is 4.04. The van der Waals surface area contributed by atoms with E-state index in [1.165, 1.54) is 0 Å². The molecule has 0 bridgehead atoms. The number of rotatable bonds is 7. The van der Waals surface area contributed by atoms with Gasteiger partial charge in [-0.3, -0.25) is 9.69 Å². The number of hydrogen-bond donors (Lipinski definition) is 1. The molecular formula is C23H29ClN2O2. The quantitative estimate of drug-likeness (QED) is 0.723. The van der Waals surface area contributed by atoms with E-state index in [-0.39, 0.29) is 17.9 Å². The summed E-state index contributed by atoms with van der Waals surface area (Å²) in [7, 11) is 1.66. The highest BCUT2D eigenvalue weighted by Crippen LogP contribution is 2.24. The Hall–Kier alpha value is -2.04. The average Bonchev–Trinajstić information content (AvgIpc) is 2.74. The number of carbonyl (C=O) groups excluding carboxylic acids is 1. The van der Waals surface area contributed by atoms with Crippen LogP contribution in [0.15, 0.2) is 48.5 Å². The van der Waals surface area contributed by atoms with Crippen LogP contribution in [0.5, 0.6) is 5.75 Å². The van der Waals surface area contributed by atoms with Crippen LogP contribution >= 0.6 is 11.6 Å². The predicted octanol–water partition coefficient (Wildman–Crippen LogP) is 4.83. The van der Waals surface area contributed by atoms with E-state index in [4.69, 9.17) is 16.3 Å². The van der Waals surface area contributed by atoms with Crippen molar-refractivity contribution in [2.24, 2.45) is 5.92 Å². The number of ether oxygens (including phenoxy) is 1. The molecule has 28 heavy (non-hydrogen) atoms. The molecule has 1 heterocycles. The lowest BCUT2D eigenvalue weighted by Gasteiger charge is -2.33. The SMILES string of the molecule is CCC(NC(=O)C1CCCN(Cc2ccccc2Cl)C1)c1ccc(OC)cc1. The standard InChI is InChI=1S/C23H29ClN2O2/c1-3-22(17-10-12-20(28-2)13-11-17)25-23(27)19-8-6-14-26(16-19)15-18-7-4-5-9-21(18)24/h4-5,7,9-13,19,22H,3,6,8,14-16H2,1-2H3,(H,25,27). The Morgan fingerprint density at radius 1 is 1.25 bits per heavy atom. The number of amides is 1. The minimum atomic E-state index is 0.0172. The van der Waals surface area contributed by atoms with E-state index in [2.05, 4.69) is 23.2 Å². The van der Waals surface area contributed by atoms with Crippen molar-refractivity contribution in [2.75, 3.05) is 20.2 Å². The lowest BCUT2D eigenvalue weighted by molar-refractivity contribution is -0.127. The Morgan fingerprint density at radius 2 is 2.00 bits per heavy atom. The van der Waals surface area contributed by atoms with E-state index >= 15 is 0 Å². The van der Waals surface area contributed by atoms with Gasteiger partial charge in [0.15, 0.2) is 0 Å². The van der Waals surface area contributed by atoms with Gasteiger partial charge in [-0.1, -0.05) is 48.9 Å². The zero-order valence-electron chi connectivity index (χ0n) is 16.7. The molecule has 1 amide bonds. The second-order valence-corrected chi connectivity index (χ2v) is 7.82. The first-order chi connectivity index (χ1) is 13.6.